The highest BCUT2D eigenvalue weighted by molar-refractivity contribution is 5.93. The minimum atomic E-state index is -0.132. The van der Waals surface area contributed by atoms with E-state index in [1.165, 1.54) is 31.9 Å². The van der Waals surface area contributed by atoms with Gasteiger partial charge in [0, 0.05) is 31.3 Å². The minimum Gasteiger partial charge on any atom is -0.494 e. The molecule has 3 heterocycles. The average molecular weight is 413 g/mol. The fourth-order valence-electron chi connectivity index (χ4n) is 5.02. The van der Waals surface area contributed by atoms with E-state index in [0.29, 0.717) is 36.2 Å². The zero-order valence-corrected chi connectivity index (χ0v) is 18.1. The lowest BCUT2D eigenvalue weighted by molar-refractivity contribution is 0.0882. The Kier molecular flexibility index (Phi) is 4.95. The summed E-state index contributed by atoms with van der Waals surface area (Å²) in [5.41, 5.74) is 5.60. The van der Waals surface area contributed by atoms with Gasteiger partial charge in [-0.05, 0) is 38.5 Å². The standard InChI is InChI=1S/C22H32N6O2/c1-12-7-8-16-11-23-17-21(24-13(2)15-5-4-6-15)25-20(14(3)29)26-22(17)27-28-9-10-30-19(12)18(16)28/h12-13,15-16,23H,4-11H2,1-3H3,(H2,24,25,26,27)/t12-,13-,16+/m1/s1. The molecule has 0 saturated heterocycles. The summed E-state index contributed by atoms with van der Waals surface area (Å²) in [6.45, 7) is 8.17. The van der Waals surface area contributed by atoms with Gasteiger partial charge in [-0.2, -0.15) is 0 Å². The molecule has 1 fully saturated rings. The third-order valence-electron chi connectivity index (χ3n) is 7.11. The minimum absolute atomic E-state index is 0.132. The van der Waals surface area contributed by atoms with E-state index < -0.39 is 0 Å². The van der Waals surface area contributed by atoms with Gasteiger partial charge >= 0.3 is 0 Å². The molecule has 8 nitrogen and oxygen atoms in total. The van der Waals surface area contributed by atoms with E-state index >= 15 is 0 Å². The fourth-order valence-corrected chi connectivity index (χ4v) is 5.02. The van der Waals surface area contributed by atoms with Crippen molar-refractivity contribution in [2.75, 3.05) is 35.8 Å². The van der Waals surface area contributed by atoms with Gasteiger partial charge in [-0.25, -0.2) is 9.97 Å². The first-order valence-corrected chi connectivity index (χ1v) is 11.4. The molecule has 0 spiro atoms. The summed E-state index contributed by atoms with van der Waals surface area (Å²) in [7, 11) is 0. The second-order valence-corrected chi connectivity index (χ2v) is 9.22. The number of aromatic nitrogens is 2. The molecule has 0 amide bonds. The number of nitrogens with zero attached hydrogens (tertiary/aromatic N) is 3. The predicted molar refractivity (Wildman–Crippen MR) is 116 cm³/mol. The molecule has 1 saturated carbocycles. The number of hydrogen-bond acceptors (Lipinski definition) is 8. The summed E-state index contributed by atoms with van der Waals surface area (Å²) in [6.07, 6.45) is 6.05. The monoisotopic (exact) mass is 412 g/mol. The first-order valence-electron chi connectivity index (χ1n) is 11.4. The van der Waals surface area contributed by atoms with Crippen LogP contribution in [0.4, 0.5) is 17.3 Å². The van der Waals surface area contributed by atoms with Crippen LogP contribution in [0.2, 0.25) is 0 Å². The molecule has 0 aromatic carbocycles. The van der Waals surface area contributed by atoms with Crippen LogP contribution in [0.5, 0.6) is 0 Å². The van der Waals surface area contributed by atoms with Crippen LogP contribution in [0.1, 0.15) is 63.5 Å². The second kappa shape index (κ2) is 7.63. The van der Waals surface area contributed by atoms with Gasteiger partial charge in [0.25, 0.3) is 0 Å². The number of fused-ring (bicyclic) bond motifs is 1. The fraction of sp³-hybridized carbons (Fsp3) is 0.682. The molecule has 1 aromatic rings. The number of ketones is 1. The maximum atomic E-state index is 12.2. The smallest absolute Gasteiger partial charge is 0.199 e. The molecule has 1 aromatic heterocycles. The molecule has 0 unspecified atom stereocenters. The third kappa shape index (κ3) is 3.36. The Morgan fingerprint density at radius 3 is 2.83 bits per heavy atom. The molecule has 3 atom stereocenters. The van der Waals surface area contributed by atoms with Crippen molar-refractivity contribution in [1.29, 1.82) is 0 Å². The van der Waals surface area contributed by atoms with E-state index in [2.05, 4.69) is 44.9 Å². The number of nitrogens with one attached hydrogen (secondary N) is 3. The van der Waals surface area contributed by atoms with Crippen molar-refractivity contribution in [3.05, 3.63) is 17.3 Å². The van der Waals surface area contributed by atoms with Gasteiger partial charge in [-0.15, -0.1) is 0 Å². The van der Waals surface area contributed by atoms with Gasteiger partial charge in [0.15, 0.2) is 23.2 Å². The molecule has 0 radical (unpaired) electrons. The van der Waals surface area contributed by atoms with Crippen LogP contribution in [0.15, 0.2) is 11.5 Å². The zero-order valence-electron chi connectivity index (χ0n) is 18.1. The number of allylic oxidation sites excluding steroid dienone is 1. The Morgan fingerprint density at radius 1 is 1.27 bits per heavy atom. The second-order valence-electron chi connectivity index (χ2n) is 9.22. The van der Waals surface area contributed by atoms with E-state index in [1.807, 2.05) is 0 Å². The third-order valence-corrected chi connectivity index (χ3v) is 7.11. The van der Waals surface area contributed by atoms with Crippen molar-refractivity contribution < 1.29 is 9.53 Å². The van der Waals surface area contributed by atoms with E-state index in [4.69, 9.17) is 4.74 Å². The van der Waals surface area contributed by atoms with Crippen LogP contribution in [-0.4, -0.2) is 46.5 Å². The molecule has 2 aliphatic heterocycles. The van der Waals surface area contributed by atoms with Crippen LogP contribution in [0, 0.1) is 17.8 Å². The Balaban J connectivity index is 1.54. The van der Waals surface area contributed by atoms with E-state index in [0.717, 1.165) is 43.2 Å². The predicted octanol–water partition coefficient (Wildman–Crippen LogP) is 3.62. The van der Waals surface area contributed by atoms with Crippen LogP contribution >= 0.6 is 0 Å². The highest BCUT2D eigenvalue weighted by atomic mass is 16.5. The lowest BCUT2D eigenvalue weighted by atomic mass is 9.80. The Bertz CT molecular complexity index is 881. The summed E-state index contributed by atoms with van der Waals surface area (Å²) in [4.78, 5) is 21.4. The Morgan fingerprint density at radius 2 is 2.10 bits per heavy atom. The van der Waals surface area contributed by atoms with Crippen molar-refractivity contribution >= 4 is 23.1 Å². The SMILES string of the molecule is CC(=O)c1nc(N[C@H](C)C2CCC2)c2c(n1)NN1CCOC3=C1[C@@H](CC[C@H]3C)CN2. The van der Waals surface area contributed by atoms with Crippen LogP contribution in [-0.2, 0) is 4.74 Å². The van der Waals surface area contributed by atoms with Crippen molar-refractivity contribution in [2.24, 2.45) is 17.8 Å². The van der Waals surface area contributed by atoms with E-state index in [-0.39, 0.29) is 11.6 Å². The number of Topliss-reactive ketones (excluding diaryl/α,β-unsaturated/α-hetero) is 1. The molecule has 5 rings (SSSR count). The number of rotatable bonds is 4. The molecule has 0 bridgehead atoms. The number of carbonyl (C=O) groups excluding carboxylic acids is 1. The Hall–Kier alpha value is -2.51. The first kappa shape index (κ1) is 19.5. The molecule has 8 heteroatoms. The van der Waals surface area contributed by atoms with Crippen molar-refractivity contribution in [1.82, 2.24) is 15.0 Å². The molecule has 3 N–H and O–H groups in total. The maximum Gasteiger partial charge on any atom is 0.199 e. The number of anilines is 3. The van der Waals surface area contributed by atoms with Gasteiger partial charge in [-0.1, -0.05) is 13.3 Å². The lowest BCUT2D eigenvalue weighted by Crippen LogP contribution is -2.45. The summed E-state index contributed by atoms with van der Waals surface area (Å²) >= 11 is 0. The zero-order chi connectivity index (χ0) is 20.8. The molecule has 4 aliphatic rings. The van der Waals surface area contributed by atoms with Gasteiger partial charge < -0.3 is 15.4 Å². The van der Waals surface area contributed by atoms with Gasteiger partial charge in [-0.3, -0.25) is 15.2 Å². The summed E-state index contributed by atoms with van der Waals surface area (Å²) in [6, 6.07) is 0.311. The lowest BCUT2D eigenvalue weighted by Gasteiger charge is -2.44. The van der Waals surface area contributed by atoms with Crippen molar-refractivity contribution in [3.63, 3.8) is 0 Å². The van der Waals surface area contributed by atoms with Crippen LogP contribution < -0.4 is 16.1 Å². The first-order chi connectivity index (χ1) is 14.5. The highest BCUT2D eigenvalue weighted by Crippen LogP contribution is 2.42. The molecular weight excluding hydrogens is 380 g/mol. The summed E-state index contributed by atoms with van der Waals surface area (Å²) in [5.74, 6) is 4.06. The van der Waals surface area contributed by atoms with Gasteiger partial charge in [0.2, 0.25) is 0 Å². The molecule has 30 heavy (non-hydrogen) atoms. The Labute approximate surface area is 177 Å². The summed E-state index contributed by atoms with van der Waals surface area (Å²) in [5, 5.41) is 9.38. The number of hydrogen-bond donors (Lipinski definition) is 3. The largest absolute Gasteiger partial charge is 0.494 e. The topological polar surface area (TPSA) is 91.4 Å². The van der Waals surface area contributed by atoms with Crippen LogP contribution in [0.25, 0.3) is 0 Å². The average Bonchev–Trinajstić information content (AvgIpc) is 2.65. The molecular formula is C22H32N6O2. The maximum absolute atomic E-state index is 12.2. The van der Waals surface area contributed by atoms with Gasteiger partial charge in [0.05, 0.1) is 12.2 Å². The molecule has 162 valence electrons. The quantitative estimate of drug-likeness (QED) is 0.646. The number of carbonyl (C=O) groups is 1. The highest BCUT2D eigenvalue weighted by Gasteiger charge is 2.37. The normalized spacial score (nSPS) is 26.6. The van der Waals surface area contributed by atoms with E-state index in [1.54, 1.807) is 0 Å². The van der Waals surface area contributed by atoms with Crippen molar-refractivity contribution in [3.8, 4) is 0 Å². The van der Waals surface area contributed by atoms with Gasteiger partial charge in [0.1, 0.15) is 18.1 Å². The van der Waals surface area contributed by atoms with Crippen LogP contribution in [0.3, 0.4) is 0 Å². The summed E-state index contributed by atoms with van der Waals surface area (Å²) < 4.78 is 6.07. The number of ether oxygens (including phenoxy) is 1. The molecule has 2 aliphatic carbocycles. The van der Waals surface area contributed by atoms with E-state index in [9.17, 15) is 4.79 Å². The number of hydrazine groups is 1. The van der Waals surface area contributed by atoms with Crippen molar-refractivity contribution in [2.45, 2.75) is 58.9 Å².